The van der Waals surface area contributed by atoms with Crippen molar-refractivity contribution in [1.29, 1.82) is 0 Å². The molecule has 0 radical (unpaired) electrons. The van der Waals surface area contributed by atoms with Gasteiger partial charge in [-0.05, 0) is 38.5 Å². The van der Waals surface area contributed by atoms with Gasteiger partial charge in [0.2, 0.25) is 0 Å². The maximum Gasteiger partial charge on any atom is 0.0841 e. The SMILES string of the molecule is C1=C/CCCCCC[C@H]2O[C@H]2CCCCCC/1. The van der Waals surface area contributed by atoms with Gasteiger partial charge in [0.1, 0.15) is 0 Å². The van der Waals surface area contributed by atoms with E-state index in [9.17, 15) is 0 Å². The Kier molecular flexibility index (Phi) is 6.12. The summed E-state index contributed by atoms with van der Waals surface area (Å²) in [5.74, 6) is 0. The predicted octanol–water partition coefficient (Wildman–Crippen LogP) is 5.00. The molecule has 17 heavy (non-hydrogen) atoms. The predicted molar refractivity (Wildman–Crippen MR) is 73.2 cm³/mol. The third-order valence-electron chi connectivity index (χ3n) is 4.07. The van der Waals surface area contributed by atoms with Crippen LogP contribution in [-0.2, 0) is 4.74 Å². The van der Waals surface area contributed by atoms with E-state index >= 15 is 0 Å². The molecule has 1 aliphatic heterocycles. The van der Waals surface area contributed by atoms with Crippen LogP contribution >= 0.6 is 0 Å². The fourth-order valence-corrected chi connectivity index (χ4v) is 2.85. The Labute approximate surface area is 107 Å². The number of allylic oxidation sites excluding steroid dienone is 2. The van der Waals surface area contributed by atoms with Crippen molar-refractivity contribution in [2.75, 3.05) is 0 Å². The molecule has 0 bridgehead atoms. The van der Waals surface area contributed by atoms with Crippen molar-refractivity contribution < 1.29 is 4.74 Å². The van der Waals surface area contributed by atoms with E-state index in [4.69, 9.17) is 4.74 Å². The van der Waals surface area contributed by atoms with Crippen LogP contribution in [0.4, 0.5) is 0 Å². The monoisotopic (exact) mass is 236 g/mol. The molecule has 2 atom stereocenters. The van der Waals surface area contributed by atoms with E-state index in [1.807, 2.05) is 0 Å². The maximum atomic E-state index is 5.73. The Morgan fingerprint density at radius 3 is 1.59 bits per heavy atom. The van der Waals surface area contributed by atoms with E-state index in [0.717, 1.165) is 0 Å². The first kappa shape index (κ1) is 13.1. The minimum Gasteiger partial charge on any atom is -0.370 e. The van der Waals surface area contributed by atoms with E-state index < -0.39 is 0 Å². The molecule has 0 spiro atoms. The average molecular weight is 236 g/mol. The number of rotatable bonds is 0. The molecule has 0 N–H and O–H groups in total. The summed E-state index contributed by atoms with van der Waals surface area (Å²) in [5, 5.41) is 0. The van der Waals surface area contributed by atoms with Crippen LogP contribution in [0, 0.1) is 0 Å². The number of fused-ring (bicyclic) bond motifs is 1. The highest BCUT2D eigenvalue weighted by Crippen LogP contribution is 2.31. The van der Waals surface area contributed by atoms with Crippen molar-refractivity contribution in [3.63, 3.8) is 0 Å². The Morgan fingerprint density at radius 1 is 0.588 bits per heavy atom. The van der Waals surface area contributed by atoms with Gasteiger partial charge in [-0.3, -0.25) is 0 Å². The lowest BCUT2D eigenvalue weighted by molar-refractivity contribution is 0.348. The lowest BCUT2D eigenvalue weighted by Gasteiger charge is -2.01. The average Bonchev–Trinajstić information content (AvgIpc) is 3.07. The van der Waals surface area contributed by atoms with Crippen LogP contribution in [0.2, 0.25) is 0 Å². The second kappa shape index (κ2) is 7.92. The van der Waals surface area contributed by atoms with Crippen LogP contribution in [0.5, 0.6) is 0 Å². The zero-order valence-electron chi connectivity index (χ0n) is 11.2. The third-order valence-corrected chi connectivity index (χ3v) is 4.07. The maximum absolute atomic E-state index is 5.73. The molecule has 1 saturated heterocycles. The Morgan fingerprint density at radius 2 is 1.06 bits per heavy atom. The molecule has 2 aliphatic rings. The molecule has 0 amide bonds. The van der Waals surface area contributed by atoms with Crippen molar-refractivity contribution in [3.8, 4) is 0 Å². The summed E-state index contributed by atoms with van der Waals surface area (Å²) in [4.78, 5) is 0. The largest absolute Gasteiger partial charge is 0.370 e. The lowest BCUT2D eigenvalue weighted by Crippen LogP contribution is -1.95. The number of epoxide rings is 1. The molecule has 0 unspecified atom stereocenters. The van der Waals surface area contributed by atoms with Crippen molar-refractivity contribution in [3.05, 3.63) is 12.2 Å². The number of ether oxygens (including phenoxy) is 1. The van der Waals surface area contributed by atoms with Crippen molar-refractivity contribution in [2.24, 2.45) is 0 Å². The first-order chi connectivity index (χ1) is 8.47. The van der Waals surface area contributed by atoms with E-state index in [-0.39, 0.29) is 0 Å². The standard InChI is InChI=1S/C16H28O/c1-2-4-6-8-10-12-14-16-15(17-16)13-11-9-7-5-3-1/h1-2,15-16H,3-14H2/b2-1+/t15-,16+. The van der Waals surface area contributed by atoms with Gasteiger partial charge in [-0.1, -0.05) is 50.7 Å². The molecule has 0 aromatic heterocycles. The summed E-state index contributed by atoms with van der Waals surface area (Å²) in [7, 11) is 0. The van der Waals surface area contributed by atoms with Gasteiger partial charge < -0.3 is 4.74 Å². The quantitative estimate of drug-likeness (QED) is 0.425. The fourth-order valence-electron chi connectivity index (χ4n) is 2.85. The molecular weight excluding hydrogens is 208 g/mol. The summed E-state index contributed by atoms with van der Waals surface area (Å²) in [6.07, 6.45) is 22.4. The van der Waals surface area contributed by atoms with Gasteiger partial charge in [-0.15, -0.1) is 0 Å². The van der Waals surface area contributed by atoms with Gasteiger partial charge in [0.25, 0.3) is 0 Å². The summed E-state index contributed by atoms with van der Waals surface area (Å²) < 4.78 is 5.73. The van der Waals surface area contributed by atoms with Gasteiger partial charge in [0.05, 0.1) is 12.2 Å². The summed E-state index contributed by atoms with van der Waals surface area (Å²) in [6.45, 7) is 0. The Hall–Kier alpha value is -0.300. The Bertz CT molecular complexity index is 200. The molecule has 1 heteroatoms. The molecule has 1 aliphatic carbocycles. The second-order valence-electron chi connectivity index (χ2n) is 5.67. The summed E-state index contributed by atoms with van der Waals surface area (Å²) >= 11 is 0. The minimum atomic E-state index is 0.641. The number of hydrogen-bond acceptors (Lipinski definition) is 1. The molecule has 98 valence electrons. The van der Waals surface area contributed by atoms with Crippen LogP contribution < -0.4 is 0 Å². The van der Waals surface area contributed by atoms with Crippen LogP contribution in [0.15, 0.2) is 12.2 Å². The molecule has 0 aromatic carbocycles. The van der Waals surface area contributed by atoms with E-state index in [1.54, 1.807) is 0 Å². The zero-order chi connectivity index (χ0) is 11.8. The van der Waals surface area contributed by atoms with Gasteiger partial charge in [0.15, 0.2) is 0 Å². The van der Waals surface area contributed by atoms with Crippen LogP contribution in [0.3, 0.4) is 0 Å². The molecule has 1 fully saturated rings. The van der Waals surface area contributed by atoms with Crippen LogP contribution in [-0.4, -0.2) is 12.2 Å². The van der Waals surface area contributed by atoms with Crippen LogP contribution in [0.25, 0.3) is 0 Å². The van der Waals surface area contributed by atoms with Crippen molar-refractivity contribution >= 4 is 0 Å². The van der Waals surface area contributed by atoms with Crippen LogP contribution in [0.1, 0.15) is 77.0 Å². The van der Waals surface area contributed by atoms with Gasteiger partial charge in [-0.2, -0.15) is 0 Å². The minimum absolute atomic E-state index is 0.641. The van der Waals surface area contributed by atoms with Gasteiger partial charge in [-0.25, -0.2) is 0 Å². The lowest BCUT2D eigenvalue weighted by atomic mass is 10.0. The van der Waals surface area contributed by atoms with E-state index in [1.165, 1.54) is 77.0 Å². The zero-order valence-corrected chi connectivity index (χ0v) is 11.2. The fraction of sp³-hybridized carbons (Fsp3) is 0.875. The molecule has 2 rings (SSSR count). The summed E-state index contributed by atoms with van der Waals surface area (Å²) in [6, 6.07) is 0. The first-order valence-corrected chi connectivity index (χ1v) is 7.77. The molecule has 0 aromatic rings. The molecular formula is C16H28O. The number of hydrogen-bond donors (Lipinski definition) is 0. The van der Waals surface area contributed by atoms with Crippen molar-refractivity contribution in [1.82, 2.24) is 0 Å². The molecule has 0 saturated carbocycles. The Balaban J connectivity index is 1.63. The van der Waals surface area contributed by atoms with Gasteiger partial charge >= 0.3 is 0 Å². The smallest absolute Gasteiger partial charge is 0.0841 e. The highest BCUT2D eigenvalue weighted by Gasteiger charge is 2.36. The molecule has 1 heterocycles. The van der Waals surface area contributed by atoms with E-state index in [2.05, 4.69) is 12.2 Å². The highest BCUT2D eigenvalue weighted by atomic mass is 16.6. The van der Waals surface area contributed by atoms with E-state index in [0.29, 0.717) is 12.2 Å². The summed E-state index contributed by atoms with van der Waals surface area (Å²) in [5.41, 5.74) is 0. The third kappa shape index (κ3) is 5.72. The topological polar surface area (TPSA) is 12.5 Å². The van der Waals surface area contributed by atoms with Gasteiger partial charge in [0, 0.05) is 0 Å². The highest BCUT2D eigenvalue weighted by molar-refractivity contribution is 4.85. The second-order valence-corrected chi connectivity index (χ2v) is 5.67. The first-order valence-electron chi connectivity index (χ1n) is 7.77. The molecule has 1 nitrogen and oxygen atoms in total. The van der Waals surface area contributed by atoms with Crippen molar-refractivity contribution in [2.45, 2.75) is 89.3 Å². The normalized spacial score (nSPS) is 34.8.